The van der Waals surface area contributed by atoms with Crippen molar-refractivity contribution < 1.29 is 22.7 Å². The van der Waals surface area contributed by atoms with Crippen molar-refractivity contribution in [2.45, 2.75) is 13.1 Å². The zero-order chi connectivity index (χ0) is 25.7. The van der Waals surface area contributed by atoms with E-state index in [9.17, 15) is 18.0 Å². The molecule has 0 saturated heterocycles. The molecule has 0 aliphatic rings. The summed E-state index contributed by atoms with van der Waals surface area (Å²) in [7, 11) is 1.99. The topological polar surface area (TPSA) is 92.3 Å². The lowest BCUT2D eigenvalue weighted by Gasteiger charge is -2.11. The van der Waals surface area contributed by atoms with Crippen molar-refractivity contribution in [1.82, 2.24) is 15.0 Å². The van der Waals surface area contributed by atoms with Gasteiger partial charge in [-0.05, 0) is 55.0 Å². The molecule has 0 bridgehead atoms. The van der Waals surface area contributed by atoms with Gasteiger partial charge in [0.25, 0.3) is 0 Å². The zero-order valence-electron chi connectivity index (χ0n) is 19.2. The summed E-state index contributed by atoms with van der Waals surface area (Å²) >= 11 is 1.60. The number of ether oxygens (including phenoxy) is 1. The van der Waals surface area contributed by atoms with E-state index in [1.807, 2.05) is 25.4 Å². The number of halogens is 3. The molecule has 2 heterocycles. The number of benzene rings is 2. The van der Waals surface area contributed by atoms with Crippen LogP contribution in [0.1, 0.15) is 12.5 Å². The van der Waals surface area contributed by atoms with E-state index < -0.39 is 17.8 Å². The van der Waals surface area contributed by atoms with Crippen LogP contribution in [0.4, 0.5) is 34.5 Å². The number of hydrogen-bond acceptors (Lipinski definition) is 7. The van der Waals surface area contributed by atoms with Crippen LogP contribution in [-0.4, -0.2) is 34.6 Å². The lowest BCUT2D eigenvalue weighted by molar-refractivity contribution is -0.137. The fourth-order valence-electron chi connectivity index (χ4n) is 3.00. The molecule has 8 nitrogen and oxygen atoms in total. The van der Waals surface area contributed by atoms with Gasteiger partial charge in [-0.25, -0.2) is 19.7 Å². The highest BCUT2D eigenvalue weighted by Crippen LogP contribution is 2.32. The Kier molecular flexibility index (Phi) is 7.34. The monoisotopic (exact) mass is 514 g/mol. The molecule has 0 fully saturated rings. The van der Waals surface area contributed by atoms with E-state index in [4.69, 9.17) is 4.74 Å². The molecule has 0 atom stereocenters. The average Bonchev–Trinajstić information content (AvgIpc) is 3.35. The number of alkyl halides is 3. The molecule has 4 rings (SSSR count). The Balaban J connectivity index is 1.33. The minimum absolute atomic E-state index is 0.00131. The minimum Gasteiger partial charge on any atom is -0.424 e. The number of amides is 2. The molecule has 0 saturated carbocycles. The van der Waals surface area contributed by atoms with E-state index in [2.05, 4.69) is 37.4 Å². The molecule has 36 heavy (non-hydrogen) atoms. The number of aromatic nitrogens is 3. The van der Waals surface area contributed by atoms with Crippen LogP contribution in [0.25, 0.3) is 10.4 Å². The van der Waals surface area contributed by atoms with Gasteiger partial charge in [-0.15, -0.1) is 0 Å². The SMILES string of the molecule is CCN(C)c1ncc(-c2ccc(Oc3ncc(NC(=O)Nc4cccc(C(F)(F)F)c4)cn3)cc2)s1. The summed E-state index contributed by atoms with van der Waals surface area (Å²) in [5, 5.41) is 5.75. The number of rotatable bonds is 7. The Bertz CT molecular complexity index is 1330. The van der Waals surface area contributed by atoms with Gasteiger partial charge in [0.1, 0.15) is 5.75 Å². The van der Waals surface area contributed by atoms with E-state index in [1.54, 1.807) is 23.5 Å². The molecular weight excluding hydrogens is 493 g/mol. The molecule has 0 aliphatic carbocycles. The second-order valence-electron chi connectivity index (χ2n) is 7.56. The summed E-state index contributed by atoms with van der Waals surface area (Å²) in [6, 6.07) is 11.0. The van der Waals surface area contributed by atoms with Crippen LogP contribution in [0.15, 0.2) is 67.1 Å². The minimum atomic E-state index is -4.51. The fourth-order valence-corrected chi connectivity index (χ4v) is 3.95. The second-order valence-corrected chi connectivity index (χ2v) is 8.57. The van der Waals surface area contributed by atoms with Gasteiger partial charge in [-0.2, -0.15) is 13.2 Å². The summed E-state index contributed by atoms with van der Waals surface area (Å²) in [6.07, 6.45) is -0.0223. The van der Waals surface area contributed by atoms with E-state index >= 15 is 0 Å². The Morgan fingerprint density at radius 3 is 2.36 bits per heavy atom. The zero-order valence-corrected chi connectivity index (χ0v) is 20.0. The summed E-state index contributed by atoms with van der Waals surface area (Å²) in [6.45, 7) is 2.93. The third-order valence-electron chi connectivity index (χ3n) is 4.98. The van der Waals surface area contributed by atoms with Crippen molar-refractivity contribution in [3.05, 3.63) is 72.7 Å². The van der Waals surface area contributed by atoms with Crippen LogP contribution < -0.4 is 20.3 Å². The maximum absolute atomic E-state index is 12.8. The van der Waals surface area contributed by atoms with E-state index in [1.165, 1.54) is 24.5 Å². The third-order valence-corrected chi connectivity index (χ3v) is 6.14. The summed E-state index contributed by atoms with van der Waals surface area (Å²) in [4.78, 5) is 27.8. The van der Waals surface area contributed by atoms with E-state index in [0.29, 0.717) is 5.75 Å². The number of nitrogens with zero attached hydrogens (tertiary/aromatic N) is 4. The van der Waals surface area contributed by atoms with Gasteiger partial charge in [0, 0.05) is 25.5 Å². The van der Waals surface area contributed by atoms with Crippen LogP contribution in [0.5, 0.6) is 11.8 Å². The van der Waals surface area contributed by atoms with Crippen LogP contribution in [-0.2, 0) is 6.18 Å². The standard InChI is InChI=1S/C24H21F3N6O2S/c1-3-33(2)23-30-14-20(36-23)15-7-9-19(10-8-15)35-22-28-12-18(13-29-22)32-21(34)31-17-6-4-5-16(11-17)24(25,26)27/h4-14H,3H2,1-2H3,(H2,31,32,34). The van der Waals surface area contributed by atoms with E-state index in [0.717, 1.165) is 34.2 Å². The smallest absolute Gasteiger partial charge is 0.416 e. The summed E-state index contributed by atoms with van der Waals surface area (Å²) in [5.74, 6) is 0.525. The highest BCUT2D eigenvalue weighted by atomic mass is 32.1. The predicted octanol–water partition coefficient (Wildman–Crippen LogP) is 6.51. The third kappa shape index (κ3) is 6.27. The van der Waals surface area contributed by atoms with Crippen molar-refractivity contribution in [3.8, 4) is 22.2 Å². The van der Waals surface area contributed by atoms with Gasteiger partial charge >= 0.3 is 18.2 Å². The molecule has 0 spiro atoms. The molecule has 2 N–H and O–H groups in total. The molecule has 2 aromatic carbocycles. The van der Waals surface area contributed by atoms with E-state index in [-0.39, 0.29) is 17.4 Å². The highest BCUT2D eigenvalue weighted by molar-refractivity contribution is 7.18. The number of thiazole rings is 1. The van der Waals surface area contributed by atoms with Crippen molar-refractivity contribution in [2.75, 3.05) is 29.1 Å². The quantitative estimate of drug-likeness (QED) is 0.292. The molecule has 2 aromatic heterocycles. The van der Waals surface area contributed by atoms with Gasteiger partial charge in [-0.1, -0.05) is 17.4 Å². The van der Waals surface area contributed by atoms with Gasteiger partial charge in [0.05, 0.1) is 28.5 Å². The van der Waals surface area contributed by atoms with Gasteiger partial charge < -0.3 is 20.3 Å². The Hall–Kier alpha value is -4.19. The normalized spacial score (nSPS) is 11.1. The summed E-state index contributed by atoms with van der Waals surface area (Å²) in [5.41, 5.74) is 0.376. The average molecular weight is 515 g/mol. The van der Waals surface area contributed by atoms with Crippen LogP contribution in [0, 0.1) is 0 Å². The molecule has 0 unspecified atom stereocenters. The number of hydrogen-bond donors (Lipinski definition) is 2. The maximum atomic E-state index is 12.8. The molecule has 2 amide bonds. The lowest BCUT2D eigenvalue weighted by atomic mass is 10.2. The number of anilines is 3. The first kappa shape index (κ1) is 24.9. The number of carbonyl (C=O) groups is 1. The highest BCUT2D eigenvalue weighted by Gasteiger charge is 2.30. The Labute approximate surface area is 208 Å². The first-order chi connectivity index (χ1) is 17.2. The molecule has 4 aromatic rings. The van der Waals surface area contributed by atoms with Crippen molar-refractivity contribution >= 4 is 33.9 Å². The van der Waals surface area contributed by atoms with Gasteiger partial charge in [0.2, 0.25) is 0 Å². The maximum Gasteiger partial charge on any atom is 0.416 e. The summed E-state index contributed by atoms with van der Waals surface area (Å²) < 4.78 is 44.1. The number of urea groups is 1. The van der Waals surface area contributed by atoms with Crippen LogP contribution in [0.3, 0.4) is 0 Å². The van der Waals surface area contributed by atoms with Crippen LogP contribution >= 0.6 is 11.3 Å². The first-order valence-electron chi connectivity index (χ1n) is 10.7. The predicted molar refractivity (Wildman–Crippen MR) is 133 cm³/mol. The van der Waals surface area contributed by atoms with Gasteiger partial charge in [-0.3, -0.25) is 0 Å². The largest absolute Gasteiger partial charge is 0.424 e. The van der Waals surface area contributed by atoms with Crippen molar-refractivity contribution in [3.63, 3.8) is 0 Å². The Morgan fingerprint density at radius 1 is 1.00 bits per heavy atom. The fraction of sp³-hybridized carbons (Fsp3) is 0.167. The molecule has 0 aliphatic heterocycles. The van der Waals surface area contributed by atoms with Crippen molar-refractivity contribution in [2.24, 2.45) is 0 Å². The second kappa shape index (κ2) is 10.6. The van der Waals surface area contributed by atoms with Crippen molar-refractivity contribution in [1.29, 1.82) is 0 Å². The van der Waals surface area contributed by atoms with Gasteiger partial charge in [0.15, 0.2) is 5.13 Å². The molecule has 186 valence electrons. The lowest BCUT2D eigenvalue weighted by Crippen LogP contribution is -2.20. The molecular formula is C24H21F3N6O2S. The number of carbonyl (C=O) groups excluding carboxylic acids is 1. The Morgan fingerprint density at radius 2 is 1.69 bits per heavy atom. The number of nitrogens with one attached hydrogen (secondary N) is 2. The molecule has 0 radical (unpaired) electrons. The first-order valence-corrected chi connectivity index (χ1v) is 11.6. The molecule has 12 heteroatoms. The van der Waals surface area contributed by atoms with Crippen LogP contribution in [0.2, 0.25) is 0 Å².